The average molecular weight is 288 g/mol. The zero-order chi connectivity index (χ0) is 15.4. The minimum absolute atomic E-state index is 0.123. The Hall–Kier alpha value is -1.94. The largest absolute Gasteiger partial charge is 0.494 e. The summed E-state index contributed by atoms with van der Waals surface area (Å²) in [5.41, 5.74) is 4.08. The van der Waals surface area contributed by atoms with Crippen LogP contribution in [0.25, 0.3) is 0 Å². The molecule has 1 atom stereocenters. The van der Waals surface area contributed by atoms with E-state index in [0.29, 0.717) is 6.42 Å². The summed E-state index contributed by atoms with van der Waals surface area (Å²) < 4.78 is 18.7. The number of pyridine rings is 1. The molecule has 0 radical (unpaired) electrons. The summed E-state index contributed by atoms with van der Waals surface area (Å²) >= 11 is 0. The molecule has 1 unspecified atom stereocenters. The summed E-state index contributed by atoms with van der Waals surface area (Å²) in [7, 11) is 3.38. The molecule has 0 spiro atoms. The van der Waals surface area contributed by atoms with Crippen LogP contribution in [0.3, 0.4) is 0 Å². The second kappa shape index (κ2) is 6.68. The van der Waals surface area contributed by atoms with Crippen molar-refractivity contribution >= 4 is 0 Å². The maximum absolute atomic E-state index is 13.8. The third-order valence-electron chi connectivity index (χ3n) is 3.51. The number of nitrogens with one attached hydrogen (secondary N) is 1. The molecule has 0 saturated heterocycles. The normalized spacial score (nSPS) is 12.2. The molecule has 0 fully saturated rings. The fraction of sp³-hybridized carbons (Fsp3) is 0.353. The Bertz CT molecular complexity index is 608. The van der Waals surface area contributed by atoms with Crippen molar-refractivity contribution in [2.24, 2.45) is 0 Å². The number of likely N-dealkylation sites (N-methyl/N-ethyl adjacent to an activating group) is 1. The third-order valence-corrected chi connectivity index (χ3v) is 3.51. The number of ether oxygens (including phenoxy) is 1. The van der Waals surface area contributed by atoms with Crippen LogP contribution in [-0.4, -0.2) is 19.1 Å². The minimum Gasteiger partial charge on any atom is -0.494 e. The van der Waals surface area contributed by atoms with E-state index in [1.807, 2.05) is 27.0 Å². The molecule has 0 saturated carbocycles. The van der Waals surface area contributed by atoms with Crippen LogP contribution in [-0.2, 0) is 6.42 Å². The van der Waals surface area contributed by atoms with E-state index in [4.69, 9.17) is 4.74 Å². The van der Waals surface area contributed by atoms with E-state index in [2.05, 4.69) is 22.4 Å². The lowest BCUT2D eigenvalue weighted by Crippen LogP contribution is -2.19. The van der Waals surface area contributed by atoms with Crippen LogP contribution in [0.4, 0.5) is 4.39 Å². The second-order valence-corrected chi connectivity index (χ2v) is 5.20. The topological polar surface area (TPSA) is 34.1 Å². The molecule has 2 rings (SSSR count). The van der Waals surface area contributed by atoms with Gasteiger partial charge in [-0.1, -0.05) is 6.07 Å². The Balaban J connectivity index is 2.24. The maximum Gasteiger partial charge on any atom is 0.165 e. The van der Waals surface area contributed by atoms with Crippen LogP contribution in [0.15, 0.2) is 30.3 Å². The monoisotopic (exact) mass is 288 g/mol. The Kier molecular flexibility index (Phi) is 4.91. The summed E-state index contributed by atoms with van der Waals surface area (Å²) in [6.45, 7) is 3.96. The Labute approximate surface area is 125 Å². The third kappa shape index (κ3) is 3.79. The number of hydrogen-bond donors (Lipinski definition) is 1. The molecule has 1 heterocycles. The summed E-state index contributed by atoms with van der Waals surface area (Å²) in [4.78, 5) is 4.39. The number of halogens is 1. The molecule has 0 bridgehead atoms. The van der Waals surface area contributed by atoms with Gasteiger partial charge in [0.05, 0.1) is 7.11 Å². The second-order valence-electron chi connectivity index (χ2n) is 5.20. The van der Waals surface area contributed by atoms with Crippen molar-refractivity contribution in [3.05, 3.63) is 58.7 Å². The number of aryl methyl sites for hydroxylation is 2. The fourth-order valence-electron chi connectivity index (χ4n) is 2.53. The van der Waals surface area contributed by atoms with Gasteiger partial charge in [0, 0.05) is 17.4 Å². The number of methoxy groups -OCH3 is 1. The van der Waals surface area contributed by atoms with E-state index < -0.39 is 0 Å². The number of rotatable bonds is 5. The molecule has 1 aromatic heterocycles. The molecule has 1 aromatic carbocycles. The van der Waals surface area contributed by atoms with Gasteiger partial charge in [-0.3, -0.25) is 4.98 Å². The van der Waals surface area contributed by atoms with Gasteiger partial charge in [-0.25, -0.2) is 4.39 Å². The summed E-state index contributed by atoms with van der Waals surface area (Å²) in [6.07, 6.45) is 0.709. The van der Waals surface area contributed by atoms with Crippen molar-refractivity contribution < 1.29 is 9.13 Å². The van der Waals surface area contributed by atoms with Crippen LogP contribution in [0.5, 0.6) is 5.75 Å². The highest BCUT2D eigenvalue weighted by Gasteiger charge is 2.13. The first-order valence-electron chi connectivity index (χ1n) is 6.98. The Morgan fingerprint density at radius 1 is 1.19 bits per heavy atom. The molecule has 112 valence electrons. The van der Waals surface area contributed by atoms with Gasteiger partial charge in [0.2, 0.25) is 0 Å². The Morgan fingerprint density at radius 3 is 2.38 bits per heavy atom. The maximum atomic E-state index is 13.8. The molecule has 0 amide bonds. The van der Waals surface area contributed by atoms with Crippen LogP contribution in [0.2, 0.25) is 0 Å². The quantitative estimate of drug-likeness (QED) is 0.916. The van der Waals surface area contributed by atoms with Crippen molar-refractivity contribution in [1.82, 2.24) is 10.3 Å². The number of benzene rings is 1. The minimum atomic E-state index is -0.327. The van der Waals surface area contributed by atoms with E-state index in [1.165, 1.54) is 18.7 Å². The van der Waals surface area contributed by atoms with Gasteiger partial charge in [-0.2, -0.15) is 0 Å². The predicted molar refractivity (Wildman–Crippen MR) is 82.2 cm³/mol. The first-order valence-corrected chi connectivity index (χ1v) is 6.98. The van der Waals surface area contributed by atoms with Gasteiger partial charge in [-0.15, -0.1) is 0 Å². The highest BCUT2D eigenvalue weighted by atomic mass is 19.1. The predicted octanol–water partition coefficient (Wildman–Crippen LogP) is 3.35. The molecule has 2 aromatic rings. The average Bonchev–Trinajstić information content (AvgIpc) is 2.43. The van der Waals surface area contributed by atoms with Gasteiger partial charge in [0.1, 0.15) is 0 Å². The van der Waals surface area contributed by atoms with E-state index in [1.54, 1.807) is 6.07 Å². The number of aromatic nitrogens is 1. The molecule has 3 nitrogen and oxygen atoms in total. The summed E-state index contributed by atoms with van der Waals surface area (Å²) in [5, 5.41) is 3.29. The van der Waals surface area contributed by atoms with Crippen molar-refractivity contribution in [1.29, 1.82) is 0 Å². The van der Waals surface area contributed by atoms with E-state index in [0.717, 1.165) is 17.0 Å². The molecular formula is C17H21FN2O. The zero-order valence-electron chi connectivity index (χ0n) is 12.9. The fourth-order valence-corrected chi connectivity index (χ4v) is 2.53. The lowest BCUT2D eigenvalue weighted by atomic mass is 9.98. The molecule has 0 aliphatic heterocycles. The van der Waals surface area contributed by atoms with Crippen molar-refractivity contribution in [3.8, 4) is 5.75 Å². The smallest absolute Gasteiger partial charge is 0.165 e. The van der Waals surface area contributed by atoms with Crippen LogP contribution >= 0.6 is 0 Å². The number of nitrogens with zero attached hydrogens (tertiary/aromatic N) is 1. The molecule has 0 aliphatic rings. The zero-order valence-corrected chi connectivity index (χ0v) is 12.9. The highest BCUT2D eigenvalue weighted by molar-refractivity contribution is 5.31. The Morgan fingerprint density at radius 2 is 1.86 bits per heavy atom. The lowest BCUT2D eigenvalue weighted by Gasteiger charge is -2.18. The molecule has 21 heavy (non-hydrogen) atoms. The van der Waals surface area contributed by atoms with Gasteiger partial charge < -0.3 is 10.1 Å². The number of hydrogen-bond acceptors (Lipinski definition) is 3. The molecule has 0 aliphatic carbocycles. The molecule has 1 N–H and O–H groups in total. The van der Waals surface area contributed by atoms with Gasteiger partial charge in [0.25, 0.3) is 0 Å². The van der Waals surface area contributed by atoms with Crippen molar-refractivity contribution in [3.63, 3.8) is 0 Å². The van der Waals surface area contributed by atoms with Crippen LogP contribution in [0.1, 0.15) is 28.6 Å². The summed E-state index contributed by atoms with van der Waals surface area (Å²) in [5.74, 6) is -0.0534. The van der Waals surface area contributed by atoms with Crippen LogP contribution < -0.4 is 10.1 Å². The van der Waals surface area contributed by atoms with E-state index in [9.17, 15) is 4.39 Å². The highest BCUT2D eigenvalue weighted by Crippen LogP contribution is 2.23. The van der Waals surface area contributed by atoms with Gasteiger partial charge >= 0.3 is 0 Å². The van der Waals surface area contributed by atoms with Crippen molar-refractivity contribution in [2.45, 2.75) is 26.3 Å². The first kappa shape index (κ1) is 15.4. The standard InChI is InChI=1S/C17H21FN2O/c1-11-7-14(8-12(2)20-11)16(19-3)10-13-5-6-17(21-4)15(18)9-13/h5-9,16,19H,10H2,1-4H3. The molecular weight excluding hydrogens is 267 g/mol. The molecule has 4 heteroatoms. The van der Waals surface area contributed by atoms with E-state index >= 15 is 0 Å². The van der Waals surface area contributed by atoms with Crippen molar-refractivity contribution in [2.75, 3.05) is 14.2 Å². The summed E-state index contributed by atoms with van der Waals surface area (Å²) in [6, 6.07) is 9.35. The van der Waals surface area contributed by atoms with Gasteiger partial charge in [0.15, 0.2) is 11.6 Å². The van der Waals surface area contributed by atoms with Gasteiger partial charge in [-0.05, 0) is 62.7 Å². The van der Waals surface area contributed by atoms with E-state index in [-0.39, 0.29) is 17.6 Å². The lowest BCUT2D eigenvalue weighted by molar-refractivity contribution is 0.386. The van der Waals surface area contributed by atoms with Crippen LogP contribution in [0, 0.1) is 19.7 Å². The first-order chi connectivity index (χ1) is 10.0. The SMILES string of the molecule is CNC(Cc1ccc(OC)c(F)c1)c1cc(C)nc(C)c1.